The molecule has 0 spiro atoms. The molecule has 1 aromatic carbocycles. The number of imidazole rings is 1. The number of rotatable bonds is 2. The van der Waals surface area contributed by atoms with Crippen LogP contribution in [0.1, 0.15) is 11.8 Å². The highest BCUT2D eigenvalue weighted by atomic mass is 79.9. The van der Waals surface area contributed by atoms with Crippen LogP contribution in [0.25, 0.3) is 27.2 Å². The maximum atomic E-state index is 13.2. The molecule has 0 radical (unpaired) electrons. The van der Waals surface area contributed by atoms with Crippen molar-refractivity contribution in [2.24, 2.45) is 0 Å². The molecule has 4 nitrogen and oxygen atoms in total. The molecule has 0 unspecified atom stereocenters. The Kier molecular flexibility index (Phi) is 4.08. The third-order valence-corrected chi connectivity index (χ3v) is 4.67. The zero-order valence-electron chi connectivity index (χ0n) is 12.1. The minimum atomic E-state index is -0.514. The molecule has 0 bridgehead atoms. The summed E-state index contributed by atoms with van der Waals surface area (Å²) in [7, 11) is 0. The summed E-state index contributed by atoms with van der Waals surface area (Å²) in [6, 6.07) is 5.82. The van der Waals surface area contributed by atoms with Gasteiger partial charge >= 0.3 is 5.63 Å². The van der Waals surface area contributed by atoms with Gasteiger partial charge < -0.3 is 4.42 Å². The van der Waals surface area contributed by atoms with Crippen molar-refractivity contribution in [3.63, 3.8) is 0 Å². The van der Waals surface area contributed by atoms with Crippen molar-refractivity contribution in [3.8, 4) is 11.3 Å². The SMILES string of the molecule is Br.CCc1cn2cc(-c3cc4ccc(F)cc4oc3=O)nc2s1. The van der Waals surface area contributed by atoms with Crippen molar-refractivity contribution in [1.29, 1.82) is 0 Å². The van der Waals surface area contributed by atoms with Crippen LogP contribution in [-0.2, 0) is 6.42 Å². The van der Waals surface area contributed by atoms with Gasteiger partial charge in [0.05, 0.1) is 11.3 Å². The molecule has 0 saturated carbocycles. The summed E-state index contributed by atoms with van der Waals surface area (Å²) in [5, 5.41) is 0.668. The first-order chi connectivity index (χ1) is 10.6. The van der Waals surface area contributed by atoms with Crippen molar-refractivity contribution in [2.45, 2.75) is 13.3 Å². The smallest absolute Gasteiger partial charge is 0.345 e. The van der Waals surface area contributed by atoms with Crippen LogP contribution < -0.4 is 5.63 Å². The molecule has 0 aliphatic heterocycles. The zero-order chi connectivity index (χ0) is 15.3. The lowest BCUT2D eigenvalue weighted by Gasteiger charge is -1.99. The van der Waals surface area contributed by atoms with E-state index in [9.17, 15) is 9.18 Å². The van der Waals surface area contributed by atoms with Gasteiger partial charge in [0.2, 0.25) is 0 Å². The van der Waals surface area contributed by atoms with Crippen LogP contribution in [0.4, 0.5) is 4.39 Å². The third kappa shape index (κ3) is 2.70. The molecule has 7 heteroatoms. The summed E-state index contributed by atoms with van der Waals surface area (Å²) >= 11 is 1.59. The molecule has 4 rings (SSSR count). The van der Waals surface area contributed by atoms with Gasteiger partial charge in [-0.3, -0.25) is 4.40 Å². The fourth-order valence-electron chi connectivity index (χ4n) is 2.40. The van der Waals surface area contributed by atoms with Gasteiger partial charge in [0.15, 0.2) is 4.96 Å². The van der Waals surface area contributed by atoms with E-state index in [-0.39, 0.29) is 22.6 Å². The Bertz CT molecular complexity index is 1040. The highest BCUT2D eigenvalue weighted by molar-refractivity contribution is 8.93. The lowest BCUT2D eigenvalue weighted by atomic mass is 10.1. The van der Waals surface area contributed by atoms with E-state index in [2.05, 4.69) is 11.9 Å². The highest BCUT2D eigenvalue weighted by Crippen LogP contribution is 2.25. The molecule has 0 saturated heterocycles. The van der Waals surface area contributed by atoms with Crippen molar-refractivity contribution >= 4 is 44.2 Å². The number of fused-ring (bicyclic) bond motifs is 2. The molecule has 118 valence electrons. The Balaban J connectivity index is 0.00000156. The molecular weight excluding hydrogens is 383 g/mol. The van der Waals surface area contributed by atoms with E-state index < -0.39 is 11.4 Å². The van der Waals surface area contributed by atoms with Crippen LogP contribution in [0.3, 0.4) is 0 Å². The minimum Gasteiger partial charge on any atom is -0.422 e. The van der Waals surface area contributed by atoms with Gasteiger partial charge in [-0.1, -0.05) is 6.92 Å². The molecule has 0 aliphatic carbocycles. The summed E-state index contributed by atoms with van der Waals surface area (Å²) < 4.78 is 20.3. The summed E-state index contributed by atoms with van der Waals surface area (Å²) in [6.07, 6.45) is 4.77. The number of aryl methyl sites for hydroxylation is 1. The first kappa shape index (κ1) is 15.9. The van der Waals surface area contributed by atoms with E-state index in [1.807, 2.05) is 16.8 Å². The minimum absolute atomic E-state index is 0. The van der Waals surface area contributed by atoms with Crippen LogP contribution in [0.15, 0.2) is 45.9 Å². The normalized spacial score (nSPS) is 11.0. The van der Waals surface area contributed by atoms with Crippen LogP contribution in [0.2, 0.25) is 0 Å². The topological polar surface area (TPSA) is 47.5 Å². The molecule has 4 aromatic rings. The van der Waals surface area contributed by atoms with Crippen LogP contribution >= 0.6 is 28.3 Å². The number of halogens is 2. The first-order valence-electron chi connectivity index (χ1n) is 6.85. The third-order valence-electron chi connectivity index (χ3n) is 3.53. The second kappa shape index (κ2) is 5.90. The van der Waals surface area contributed by atoms with Gasteiger partial charge in [-0.15, -0.1) is 28.3 Å². The van der Waals surface area contributed by atoms with E-state index >= 15 is 0 Å². The summed E-state index contributed by atoms with van der Waals surface area (Å²) in [5.74, 6) is -0.432. The lowest BCUT2D eigenvalue weighted by Crippen LogP contribution is -2.02. The average molecular weight is 395 g/mol. The molecular formula is C16H12BrFN2O2S. The first-order valence-corrected chi connectivity index (χ1v) is 7.67. The number of aromatic nitrogens is 2. The van der Waals surface area contributed by atoms with Crippen molar-refractivity contribution < 1.29 is 8.81 Å². The maximum Gasteiger partial charge on any atom is 0.345 e. The molecule has 23 heavy (non-hydrogen) atoms. The van der Waals surface area contributed by atoms with Gasteiger partial charge in [-0.05, 0) is 24.6 Å². The van der Waals surface area contributed by atoms with Gasteiger partial charge in [0.25, 0.3) is 0 Å². The molecule has 0 N–H and O–H groups in total. The fraction of sp³-hybridized carbons (Fsp3) is 0.125. The standard InChI is InChI=1S/C16H11FN2O2S.BrH/c1-2-11-7-19-8-13(18-16(19)22-11)12-5-9-3-4-10(17)6-14(9)21-15(12)20;/h3-8H,2H2,1H3;1H. The number of hydrogen-bond acceptors (Lipinski definition) is 4. The zero-order valence-corrected chi connectivity index (χ0v) is 14.6. The lowest BCUT2D eigenvalue weighted by molar-refractivity contribution is 0.556. The second-order valence-electron chi connectivity index (χ2n) is 5.00. The Hall–Kier alpha value is -1.99. The summed E-state index contributed by atoms with van der Waals surface area (Å²) in [5.41, 5.74) is 0.671. The molecule has 0 aliphatic rings. The van der Waals surface area contributed by atoms with Gasteiger partial charge in [-0.25, -0.2) is 14.2 Å². The van der Waals surface area contributed by atoms with Crippen LogP contribution in [-0.4, -0.2) is 9.38 Å². The van der Waals surface area contributed by atoms with E-state index in [4.69, 9.17) is 4.42 Å². The van der Waals surface area contributed by atoms with Crippen LogP contribution in [0, 0.1) is 5.82 Å². The Morgan fingerprint density at radius 2 is 2.13 bits per heavy atom. The van der Waals surface area contributed by atoms with Crippen LogP contribution in [0.5, 0.6) is 0 Å². The van der Waals surface area contributed by atoms with Crippen molar-refractivity contribution in [1.82, 2.24) is 9.38 Å². The monoisotopic (exact) mass is 394 g/mol. The Morgan fingerprint density at radius 1 is 1.30 bits per heavy atom. The molecule has 0 atom stereocenters. The largest absolute Gasteiger partial charge is 0.422 e. The van der Waals surface area contributed by atoms with E-state index in [0.29, 0.717) is 16.6 Å². The molecule has 3 aromatic heterocycles. The van der Waals surface area contributed by atoms with Crippen molar-refractivity contribution in [2.75, 3.05) is 0 Å². The quantitative estimate of drug-likeness (QED) is 0.472. The van der Waals surface area contributed by atoms with Gasteiger partial charge in [-0.2, -0.15) is 0 Å². The molecule has 0 amide bonds. The highest BCUT2D eigenvalue weighted by Gasteiger charge is 2.13. The predicted molar refractivity (Wildman–Crippen MR) is 94.2 cm³/mol. The fourth-order valence-corrected chi connectivity index (χ4v) is 3.30. The number of nitrogens with zero attached hydrogens (tertiary/aromatic N) is 2. The van der Waals surface area contributed by atoms with E-state index in [0.717, 1.165) is 11.4 Å². The molecule has 0 fully saturated rings. The predicted octanol–water partition coefficient (Wildman–Crippen LogP) is 4.45. The number of benzene rings is 1. The number of hydrogen-bond donors (Lipinski definition) is 0. The summed E-state index contributed by atoms with van der Waals surface area (Å²) in [4.78, 5) is 18.7. The molecule has 3 heterocycles. The van der Waals surface area contributed by atoms with E-state index in [1.165, 1.54) is 17.0 Å². The Labute approximate surface area is 145 Å². The van der Waals surface area contributed by atoms with Gasteiger partial charge in [0.1, 0.15) is 11.4 Å². The average Bonchev–Trinajstić information content (AvgIpc) is 3.04. The Morgan fingerprint density at radius 3 is 2.87 bits per heavy atom. The van der Waals surface area contributed by atoms with E-state index in [1.54, 1.807) is 23.5 Å². The maximum absolute atomic E-state index is 13.2. The van der Waals surface area contributed by atoms with Gasteiger partial charge in [0, 0.05) is 28.7 Å². The van der Waals surface area contributed by atoms with Crippen molar-refractivity contribution in [3.05, 3.63) is 57.8 Å². The number of thiazole rings is 1. The second-order valence-corrected chi connectivity index (χ2v) is 6.09. The summed E-state index contributed by atoms with van der Waals surface area (Å²) in [6.45, 7) is 2.09.